The average molecular weight is 398 g/mol. The molecule has 1 fully saturated rings. The summed E-state index contributed by atoms with van der Waals surface area (Å²) in [7, 11) is 1.60. The van der Waals surface area contributed by atoms with Gasteiger partial charge in [-0.15, -0.1) is 11.3 Å². The fourth-order valence-electron chi connectivity index (χ4n) is 3.33. The largest absolute Gasteiger partial charge is 0.497 e. The van der Waals surface area contributed by atoms with E-state index in [1.165, 1.54) is 11.3 Å². The Balaban J connectivity index is 1.71. The lowest BCUT2D eigenvalue weighted by Crippen LogP contribution is -2.37. The summed E-state index contributed by atoms with van der Waals surface area (Å²) in [6, 6.07) is 7.32. The number of ether oxygens (including phenoxy) is 2. The van der Waals surface area contributed by atoms with Gasteiger partial charge in [-0.25, -0.2) is 9.97 Å². The van der Waals surface area contributed by atoms with Crippen LogP contribution < -0.4 is 15.0 Å². The standard InChI is InChI=1S/C20H22N4O3S/c1-12-16-18(24-7-9-27-10-8-24)21-13(2)22-20(16)28-17(12)19(25)23-14-5-4-6-15(11-14)26-3/h4-6,11H,7-10H2,1-3H3,(H,23,25). The summed E-state index contributed by atoms with van der Waals surface area (Å²) < 4.78 is 10.7. The maximum absolute atomic E-state index is 13.0. The highest BCUT2D eigenvalue weighted by atomic mass is 32.1. The molecule has 7 nitrogen and oxygen atoms in total. The van der Waals surface area contributed by atoms with Crippen LogP contribution in [0.15, 0.2) is 24.3 Å². The normalized spacial score (nSPS) is 14.3. The second-order valence-electron chi connectivity index (χ2n) is 6.62. The number of hydrogen-bond donors (Lipinski definition) is 1. The number of methoxy groups -OCH3 is 1. The topological polar surface area (TPSA) is 76.6 Å². The highest BCUT2D eigenvalue weighted by Crippen LogP contribution is 2.36. The molecule has 0 spiro atoms. The molecule has 0 unspecified atom stereocenters. The fourth-order valence-corrected chi connectivity index (χ4v) is 4.45. The molecular formula is C20H22N4O3S. The number of hydrogen-bond acceptors (Lipinski definition) is 7. The Hall–Kier alpha value is -2.71. The van der Waals surface area contributed by atoms with Crippen LogP contribution in [0.3, 0.4) is 0 Å². The van der Waals surface area contributed by atoms with Crippen molar-refractivity contribution >= 4 is 39.0 Å². The van der Waals surface area contributed by atoms with Crippen molar-refractivity contribution < 1.29 is 14.3 Å². The van der Waals surface area contributed by atoms with Crippen molar-refractivity contribution in [2.24, 2.45) is 0 Å². The van der Waals surface area contributed by atoms with E-state index in [-0.39, 0.29) is 5.91 Å². The second-order valence-corrected chi connectivity index (χ2v) is 7.62. The Morgan fingerprint density at radius 2 is 2.04 bits per heavy atom. The lowest BCUT2D eigenvalue weighted by atomic mass is 10.1. The molecule has 146 valence electrons. The summed E-state index contributed by atoms with van der Waals surface area (Å²) >= 11 is 1.40. The number of benzene rings is 1. The first-order valence-corrected chi connectivity index (χ1v) is 9.94. The monoisotopic (exact) mass is 398 g/mol. The minimum atomic E-state index is -0.153. The van der Waals surface area contributed by atoms with Crippen LogP contribution in [-0.4, -0.2) is 49.3 Å². The Morgan fingerprint density at radius 3 is 2.79 bits per heavy atom. The van der Waals surface area contributed by atoms with Crippen LogP contribution in [0.2, 0.25) is 0 Å². The first-order valence-electron chi connectivity index (χ1n) is 9.12. The number of nitrogens with one attached hydrogen (secondary N) is 1. The average Bonchev–Trinajstić information content (AvgIpc) is 3.04. The number of thiophene rings is 1. The van der Waals surface area contributed by atoms with Crippen molar-refractivity contribution in [2.45, 2.75) is 13.8 Å². The highest BCUT2D eigenvalue weighted by Gasteiger charge is 2.24. The molecule has 3 heterocycles. The molecule has 0 saturated carbocycles. The van der Waals surface area contributed by atoms with Crippen LogP contribution >= 0.6 is 11.3 Å². The molecule has 0 radical (unpaired) electrons. The van der Waals surface area contributed by atoms with Gasteiger partial charge >= 0.3 is 0 Å². The summed E-state index contributed by atoms with van der Waals surface area (Å²) in [5, 5.41) is 3.91. The number of aromatic nitrogens is 2. The predicted octanol–water partition coefficient (Wildman–Crippen LogP) is 3.41. The van der Waals surface area contributed by atoms with Gasteiger partial charge in [0, 0.05) is 24.8 Å². The number of nitrogens with zero attached hydrogens (tertiary/aromatic N) is 3. The van der Waals surface area contributed by atoms with Crippen LogP contribution in [-0.2, 0) is 4.74 Å². The maximum Gasteiger partial charge on any atom is 0.266 e. The third-order valence-electron chi connectivity index (χ3n) is 4.73. The lowest BCUT2D eigenvalue weighted by molar-refractivity contribution is 0.103. The summed E-state index contributed by atoms with van der Waals surface area (Å²) in [6.07, 6.45) is 0. The Morgan fingerprint density at radius 1 is 1.25 bits per heavy atom. The van der Waals surface area contributed by atoms with Gasteiger partial charge in [-0.05, 0) is 31.5 Å². The molecule has 0 aliphatic carbocycles. The molecule has 0 bridgehead atoms. The zero-order chi connectivity index (χ0) is 19.7. The van der Waals surface area contributed by atoms with Crippen LogP contribution in [0.1, 0.15) is 21.1 Å². The van der Waals surface area contributed by atoms with E-state index in [9.17, 15) is 4.79 Å². The first kappa shape index (κ1) is 18.6. The Bertz CT molecular complexity index is 1030. The third-order valence-corrected chi connectivity index (χ3v) is 5.91. The van der Waals surface area contributed by atoms with E-state index in [4.69, 9.17) is 9.47 Å². The van der Waals surface area contributed by atoms with E-state index in [1.54, 1.807) is 13.2 Å². The molecule has 4 rings (SSSR count). The molecule has 28 heavy (non-hydrogen) atoms. The lowest BCUT2D eigenvalue weighted by Gasteiger charge is -2.28. The van der Waals surface area contributed by atoms with Gasteiger partial charge in [0.05, 0.1) is 30.6 Å². The molecule has 1 N–H and O–H groups in total. The van der Waals surface area contributed by atoms with E-state index in [0.717, 1.165) is 34.7 Å². The minimum absolute atomic E-state index is 0.153. The highest BCUT2D eigenvalue weighted by molar-refractivity contribution is 7.20. The van der Waals surface area contributed by atoms with Crippen LogP contribution in [0.4, 0.5) is 11.5 Å². The molecule has 8 heteroatoms. The predicted molar refractivity (Wildman–Crippen MR) is 111 cm³/mol. The molecule has 3 aromatic rings. The van der Waals surface area contributed by atoms with E-state index in [1.807, 2.05) is 32.0 Å². The van der Waals surface area contributed by atoms with Crippen LogP contribution in [0, 0.1) is 13.8 Å². The van der Waals surface area contributed by atoms with Crippen molar-refractivity contribution in [3.05, 3.63) is 40.5 Å². The zero-order valence-corrected chi connectivity index (χ0v) is 16.9. The summed E-state index contributed by atoms with van der Waals surface area (Å²) in [4.78, 5) is 25.9. The van der Waals surface area contributed by atoms with Crippen LogP contribution in [0.5, 0.6) is 5.75 Å². The van der Waals surface area contributed by atoms with Gasteiger partial charge < -0.3 is 19.7 Å². The van der Waals surface area contributed by atoms with Crippen molar-refractivity contribution in [3.8, 4) is 5.75 Å². The summed E-state index contributed by atoms with van der Waals surface area (Å²) in [6.45, 7) is 6.77. The molecule has 1 amide bonds. The molecule has 1 aliphatic heterocycles. The number of rotatable bonds is 4. The number of anilines is 2. The number of fused-ring (bicyclic) bond motifs is 1. The zero-order valence-electron chi connectivity index (χ0n) is 16.1. The number of carbonyl (C=O) groups excluding carboxylic acids is 1. The number of carbonyl (C=O) groups is 1. The minimum Gasteiger partial charge on any atom is -0.497 e. The van der Waals surface area contributed by atoms with Crippen molar-refractivity contribution in [2.75, 3.05) is 43.6 Å². The van der Waals surface area contributed by atoms with Crippen molar-refractivity contribution in [1.29, 1.82) is 0 Å². The van der Waals surface area contributed by atoms with Crippen molar-refractivity contribution in [3.63, 3.8) is 0 Å². The van der Waals surface area contributed by atoms with E-state index >= 15 is 0 Å². The van der Waals surface area contributed by atoms with Crippen molar-refractivity contribution in [1.82, 2.24) is 9.97 Å². The van der Waals surface area contributed by atoms with Gasteiger partial charge in [0.25, 0.3) is 5.91 Å². The van der Waals surface area contributed by atoms with E-state index < -0.39 is 0 Å². The van der Waals surface area contributed by atoms with Gasteiger partial charge in [0.1, 0.15) is 22.2 Å². The Labute approximate surface area is 167 Å². The summed E-state index contributed by atoms with van der Waals surface area (Å²) in [5.74, 6) is 2.14. The van der Waals surface area contributed by atoms with Gasteiger partial charge in [-0.1, -0.05) is 6.07 Å². The van der Waals surface area contributed by atoms with Crippen LogP contribution in [0.25, 0.3) is 10.2 Å². The fraction of sp³-hybridized carbons (Fsp3) is 0.350. The molecule has 1 aliphatic rings. The third kappa shape index (κ3) is 3.53. The number of morpholine rings is 1. The number of amides is 1. The van der Waals surface area contributed by atoms with Gasteiger partial charge in [-0.2, -0.15) is 0 Å². The molecule has 1 aromatic carbocycles. The van der Waals surface area contributed by atoms with Gasteiger partial charge in [-0.3, -0.25) is 4.79 Å². The SMILES string of the molecule is COc1cccc(NC(=O)c2sc3nc(C)nc(N4CCOCC4)c3c2C)c1. The molecular weight excluding hydrogens is 376 g/mol. The quantitative estimate of drug-likeness (QED) is 0.726. The molecule has 2 aromatic heterocycles. The van der Waals surface area contributed by atoms with Gasteiger partial charge in [0.15, 0.2) is 0 Å². The van der Waals surface area contributed by atoms with Gasteiger partial charge in [0.2, 0.25) is 0 Å². The molecule has 1 saturated heterocycles. The van der Waals surface area contributed by atoms with E-state index in [0.29, 0.717) is 35.4 Å². The smallest absolute Gasteiger partial charge is 0.266 e. The molecule has 0 atom stereocenters. The van der Waals surface area contributed by atoms with E-state index in [2.05, 4.69) is 20.2 Å². The Kier molecular flexibility index (Phi) is 5.15. The first-order chi connectivity index (χ1) is 13.6. The number of aryl methyl sites for hydroxylation is 2. The maximum atomic E-state index is 13.0. The summed E-state index contributed by atoms with van der Waals surface area (Å²) in [5.41, 5.74) is 1.60. The second kappa shape index (κ2) is 7.73.